The molecule has 22 heavy (non-hydrogen) atoms. The fourth-order valence-electron chi connectivity index (χ4n) is 1.79. The van der Waals surface area contributed by atoms with Gasteiger partial charge in [-0.15, -0.1) is 6.58 Å². The minimum absolute atomic E-state index is 0.156. The molecule has 0 bridgehead atoms. The SMILES string of the molecule is C=CCCCCCCCCOC(=O)CNC(=O)OC(C)(C)C. The number of unbranched alkanes of at least 4 members (excludes halogenated alkanes) is 6. The van der Waals surface area contributed by atoms with Gasteiger partial charge in [0.25, 0.3) is 0 Å². The number of ether oxygens (including phenoxy) is 2. The van der Waals surface area contributed by atoms with Crippen LogP contribution in [0.4, 0.5) is 4.79 Å². The highest BCUT2D eigenvalue weighted by molar-refractivity contribution is 5.77. The van der Waals surface area contributed by atoms with Crippen LogP contribution in [0.25, 0.3) is 0 Å². The van der Waals surface area contributed by atoms with Crippen LogP contribution >= 0.6 is 0 Å². The van der Waals surface area contributed by atoms with Crippen LogP contribution in [-0.2, 0) is 14.3 Å². The molecule has 0 spiro atoms. The molecule has 0 heterocycles. The van der Waals surface area contributed by atoms with Gasteiger partial charge < -0.3 is 14.8 Å². The minimum atomic E-state index is -0.607. The number of hydrogen-bond acceptors (Lipinski definition) is 4. The largest absolute Gasteiger partial charge is 0.464 e. The first-order valence-corrected chi connectivity index (χ1v) is 8.08. The number of alkyl carbamates (subject to hydrolysis) is 1. The average molecular weight is 313 g/mol. The molecule has 0 aromatic carbocycles. The Morgan fingerprint density at radius 2 is 1.64 bits per heavy atom. The lowest BCUT2D eigenvalue weighted by Gasteiger charge is -2.19. The quantitative estimate of drug-likeness (QED) is 0.356. The third-order valence-electron chi connectivity index (χ3n) is 2.84. The number of hydrogen-bond donors (Lipinski definition) is 1. The summed E-state index contributed by atoms with van der Waals surface area (Å²) in [5.41, 5.74) is -0.570. The van der Waals surface area contributed by atoms with E-state index in [1.165, 1.54) is 19.3 Å². The van der Waals surface area contributed by atoms with E-state index in [0.717, 1.165) is 25.7 Å². The summed E-state index contributed by atoms with van der Waals surface area (Å²) in [5, 5.41) is 2.38. The molecule has 0 rings (SSSR count). The predicted octanol–water partition coefficient (Wildman–Crippen LogP) is 3.97. The summed E-state index contributed by atoms with van der Waals surface area (Å²) >= 11 is 0. The summed E-state index contributed by atoms with van der Waals surface area (Å²) in [7, 11) is 0. The Hall–Kier alpha value is -1.52. The second kappa shape index (κ2) is 12.1. The smallest absolute Gasteiger partial charge is 0.408 e. The summed E-state index contributed by atoms with van der Waals surface area (Å²) in [6.07, 6.45) is 9.14. The number of allylic oxidation sites excluding steroid dienone is 1. The fraction of sp³-hybridized carbons (Fsp3) is 0.765. The van der Waals surface area contributed by atoms with Gasteiger partial charge in [-0.1, -0.05) is 31.8 Å². The maximum atomic E-state index is 11.4. The molecular weight excluding hydrogens is 282 g/mol. The molecule has 0 aromatic rings. The Labute approximate surface area is 134 Å². The highest BCUT2D eigenvalue weighted by Gasteiger charge is 2.16. The van der Waals surface area contributed by atoms with Crippen LogP contribution in [-0.4, -0.2) is 30.8 Å². The second-order valence-corrected chi connectivity index (χ2v) is 6.27. The first kappa shape index (κ1) is 20.5. The lowest BCUT2D eigenvalue weighted by Crippen LogP contribution is -2.36. The van der Waals surface area contributed by atoms with Gasteiger partial charge in [-0.25, -0.2) is 4.79 Å². The van der Waals surface area contributed by atoms with Crippen LogP contribution in [0.15, 0.2) is 12.7 Å². The van der Waals surface area contributed by atoms with Gasteiger partial charge in [0.15, 0.2) is 0 Å². The summed E-state index contributed by atoms with van der Waals surface area (Å²) in [6, 6.07) is 0. The van der Waals surface area contributed by atoms with E-state index in [0.29, 0.717) is 6.61 Å². The van der Waals surface area contributed by atoms with E-state index in [9.17, 15) is 9.59 Å². The summed E-state index contributed by atoms with van der Waals surface area (Å²) in [6.45, 7) is 9.24. The molecule has 0 unspecified atom stereocenters. The minimum Gasteiger partial charge on any atom is -0.464 e. The topological polar surface area (TPSA) is 64.6 Å². The zero-order valence-electron chi connectivity index (χ0n) is 14.3. The van der Waals surface area contributed by atoms with E-state index in [1.54, 1.807) is 20.8 Å². The molecular formula is C17H31NO4. The Bertz CT molecular complexity index is 334. The molecule has 0 aliphatic carbocycles. The van der Waals surface area contributed by atoms with Gasteiger partial charge in [0.2, 0.25) is 0 Å². The Balaban J connectivity index is 3.43. The van der Waals surface area contributed by atoms with Gasteiger partial charge in [-0.05, 0) is 40.0 Å². The molecule has 0 aliphatic rings. The number of nitrogens with one attached hydrogen (secondary N) is 1. The van der Waals surface area contributed by atoms with E-state index in [2.05, 4.69) is 11.9 Å². The van der Waals surface area contributed by atoms with Crippen molar-refractivity contribution in [1.29, 1.82) is 0 Å². The number of rotatable bonds is 11. The van der Waals surface area contributed by atoms with Crippen molar-refractivity contribution in [3.63, 3.8) is 0 Å². The van der Waals surface area contributed by atoms with E-state index in [4.69, 9.17) is 9.47 Å². The number of esters is 1. The highest BCUT2D eigenvalue weighted by Crippen LogP contribution is 2.08. The Morgan fingerprint density at radius 3 is 2.23 bits per heavy atom. The molecule has 128 valence electrons. The van der Waals surface area contributed by atoms with Crippen LogP contribution < -0.4 is 5.32 Å². The van der Waals surface area contributed by atoms with Gasteiger partial charge in [-0.3, -0.25) is 4.79 Å². The lowest BCUT2D eigenvalue weighted by molar-refractivity contribution is -0.142. The molecule has 0 fully saturated rings. The summed E-state index contributed by atoms with van der Waals surface area (Å²) in [4.78, 5) is 22.8. The zero-order valence-corrected chi connectivity index (χ0v) is 14.3. The van der Waals surface area contributed by atoms with Crippen LogP contribution in [0.3, 0.4) is 0 Å². The van der Waals surface area contributed by atoms with Crippen molar-refractivity contribution in [2.75, 3.05) is 13.2 Å². The van der Waals surface area contributed by atoms with Crippen molar-refractivity contribution >= 4 is 12.1 Å². The van der Waals surface area contributed by atoms with Crippen LogP contribution in [0.1, 0.15) is 65.7 Å². The maximum absolute atomic E-state index is 11.4. The molecule has 1 N–H and O–H groups in total. The lowest BCUT2D eigenvalue weighted by atomic mass is 10.1. The van der Waals surface area contributed by atoms with Crippen LogP contribution in [0.2, 0.25) is 0 Å². The maximum Gasteiger partial charge on any atom is 0.408 e. The molecule has 0 saturated heterocycles. The molecule has 0 aliphatic heterocycles. The molecule has 1 amide bonds. The predicted molar refractivity (Wildman–Crippen MR) is 87.7 cm³/mol. The molecule has 0 aromatic heterocycles. The summed E-state index contributed by atoms with van der Waals surface area (Å²) in [5.74, 6) is -0.433. The fourth-order valence-corrected chi connectivity index (χ4v) is 1.79. The molecule has 0 saturated carbocycles. The summed E-state index contributed by atoms with van der Waals surface area (Å²) < 4.78 is 10.1. The highest BCUT2D eigenvalue weighted by atomic mass is 16.6. The molecule has 5 heteroatoms. The third kappa shape index (κ3) is 14.9. The van der Waals surface area contributed by atoms with Crippen molar-refractivity contribution < 1.29 is 19.1 Å². The van der Waals surface area contributed by atoms with Crippen molar-refractivity contribution in [2.24, 2.45) is 0 Å². The Morgan fingerprint density at radius 1 is 1.05 bits per heavy atom. The van der Waals surface area contributed by atoms with E-state index in [1.807, 2.05) is 6.08 Å². The first-order chi connectivity index (χ1) is 10.3. The van der Waals surface area contributed by atoms with Gasteiger partial charge in [-0.2, -0.15) is 0 Å². The van der Waals surface area contributed by atoms with Crippen molar-refractivity contribution in [3.05, 3.63) is 12.7 Å². The van der Waals surface area contributed by atoms with Gasteiger partial charge >= 0.3 is 12.1 Å². The van der Waals surface area contributed by atoms with E-state index < -0.39 is 17.7 Å². The second-order valence-electron chi connectivity index (χ2n) is 6.27. The van der Waals surface area contributed by atoms with Gasteiger partial charge in [0.1, 0.15) is 12.1 Å². The van der Waals surface area contributed by atoms with E-state index >= 15 is 0 Å². The van der Waals surface area contributed by atoms with Crippen molar-refractivity contribution in [1.82, 2.24) is 5.32 Å². The Kier molecular flexibility index (Phi) is 11.2. The standard InChI is InChI=1S/C17H31NO4/c1-5-6-7-8-9-10-11-12-13-21-15(19)14-18-16(20)22-17(2,3)4/h5H,1,6-14H2,2-4H3,(H,18,20). The van der Waals surface area contributed by atoms with Gasteiger partial charge in [0.05, 0.1) is 6.61 Å². The molecule has 0 radical (unpaired) electrons. The van der Waals surface area contributed by atoms with Crippen LogP contribution in [0.5, 0.6) is 0 Å². The zero-order chi connectivity index (χ0) is 16.8. The normalized spacial score (nSPS) is 10.9. The van der Waals surface area contributed by atoms with Crippen LogP contribution in [0, 0.1) is 0 Å². The van der Waals surface area contributed by atoms with Gasteiger partial charge in [0, 0.05) is 0 Å². The monoisotopic (exact) mass is 313 g/mol. The molecule has 5 nitrogen and oxygen atoms in total. The molecule has 0 atom stereocenters. The number of carbonyl (C=O) groups is 2. The number of amides is 1. The third-order valence-corrected chi connectivity index (χ3v) is 2.84. The van der Waals surface area contributed by atoms with Crippen molar-refractivity contribution in [3.8, 4) is 0 Å². The van der Waals surface area contributed by atoms with Crippen molar-refractivity contribution in [2.45, 2.75) is 71.3 Å². The first-order valence-electron chi connectivity index (χ1n) is 8.08. The van der Waals surface area contributed by atoms with E-state index in [-0.39, 0.29) is 6.54 Å². The number of carbonyl (C=O) groups excluding carboxylic acids is 2. The average Bonchev–Trinajstić information content (AvgIpc) is 2.41.